The molecule has 0 bridgehead atoms. The maximum Gasteiger partial charge on any atom is 0.166 e. The molecule has 1 nitrogen and oxygen atoms in total. The van der Waals surface area contributed by atoms with E-state index in [1.807, 2.05) is 0 Å². The van der Waals surface area contributed by atoms with Gasteiger partial charge < -0.3 is 0 Å². The second-order valence-corrected chi connectivity index (χ2v) is 4.10. The molecule has 0 atom stereocenters. The Kier molecular flexibility index (Phi) is 2.68. The highest BCUT2D eigenvalue weighted by Crippen LogP contribution is 2.34. The van der Waals surface area contributed by atoms with Crippen molar-refractivity contribution >= 4 is 21.7 Å². The van der Waals surface area contributed by atoms with Gasteiger partial charge in [0, 0.05) is 22.4 Å². The average Bonchev–Trinajstić information content (AvgIpc) is 2.99. The minimum atomic E-state index is -0.298. The van der Waals surface area contributed by atoms with E-state index < -0.39 is 0 Å². The summed E-state index contributed by atoms with van der Waals surface area (Å²) in [6.07, 6.45) is 1.91. The molecule has 14 heavy (non-hydrogen) atoms. The first kappa shape index (κ1) is 9.84. The second-order valence-electron chi connectivity index (χ2n) is 3.54. The fourth-order valence-corrected chi connectivity index (χ4v) is 2.06. The highest BCUT2D eigenvalue weighted by molar-refractivity contribution is 9.08. The van der Waals surface area contributed by atoms with Gasteiger partial charge in [0.05, 0.1) is 0 Å². The van der Waals surface area contributed by atoms with Crippen LogP contribution in [0.3, 0.4) is 0 Å². The molecule has 74 valence electrons. The Labute approximate surface area is 90.4 Å². The molecular formula is C11H10BrFO. The van der Waals surface area contributed by atoms with Crippen molar-refractivity contribution in [2.24, 2.45) is 5.92 Å². The molecule has 1 aliphatic rings. The van der Waals surface area contributed by atoms with E-state index in [1.54, 1.807) is 12.1 Å². The van der Waals surface area contributed by atoms with Crippen LogP contribution in [0.4, 0.5) is 4.39 Å². The number of hydrogen-bond acceptors (Lipinski definition) is 1. The monoisotopic (exact) mass is 256 g/mol. The molecule has 1 aliphatic carbocycles. The van der Waals surface area contributed by atoms with Crippen molar-refractivity contribution in [1.82, 2.24) is 0 Å². The molecule has 0 spiro atoms. The van der Waals surface area contributed by atoms with Crippen molar-refractivity contribution in [3.8, 4) is 0 Å². The summed E-state index contributed by atoms with van der Waals surface area (Å²) in [6.45, 7) is 0. The highest BCUT2D eigenvalue weighted by atomic mass is 79.9. The molecule has 2 rings (SSSR count). The van der Waals surface area contributed by atoms with Gasteiger partial charge in [-0.3, -0.25) is 4.79 Å². The smallest absolute Gasteiger partial charge is 0.166 e. The predicted molar refractivity (Wildman–Crippen MR) is 56.1 cm³/mol. The van der Waals surface area contributed by atoms with Gasteiger partial charge in [-0.25, -0.2) is 4.39 Å². The number of benzene rings is 1. The van der Waals surface area contributed by atoms with Gasteiger partial charge in [-0.2, -0.15) is 0 Å². The lowest BCUT2D eigenvalue weighted by Gasteiger charge is -2.06. The number of halogens is 2. The Balaban J connectivity index is 2.40. The summed E-state index contributed by atoms with van der Waals surface area (Å²) in [6, 6.07) is 4.69. The molecule has 1 aromatic rings. The van der Waals surface area contributed by atoms with E-state index in [0.29, 0.717) is 16.5 Å². The number of carbonyl (C=O) groups excluding carboxylic acids is 1. The number of Topliss-reactive ketones (excluding diaryl/α,β-unsaturated/α-hetero) is 1. The van der Waals surface area contributed by atoms with Crippen molar-refractivity contribution in [2.45, 2.75) is 18.2 Å². The summed E-state index contributed by atoms with van der Waals surface area (Å²) in [7, 11) is 0. The van der Waals surface area contributed by atoms with E-state index in [0.717, 1.165) is 12.8 Å². The number of ketones is 1. The first-order valence-corrected chi connectivity index (χ1v) is 5.73. The lowest BCUT2D eigenvalue weighted by atomic mass is 10.0. The minimum absolute atomic E-state index is 0.0963. The van der Waals surface area contributed by atoms with Gasteiger partial charge in [-0.1, -0.05) is 28.1 Å². The average molecular weight is 257 g/mol. The molecule has 3 heteroatoms. The van der Waals surface area contributed by atoms with Crippen molar-refractivity contribution in [2.75, 3.05) is 0 Å². The second kappa shape index (κ2) is 3.81. The van der Waals surface area contributed by atoms with Crippen LogP contribution in [-0.2, 0) is 5.33 Å². The predicted octanol–water partition coefficient (Wildman–Crippen LogP) is 3.31. The van der Waals surface area contributed by atoms with Gasteiger partial charge >= 0.3 is 0 Å². The molecule has 0 N–H and O–H groups in total. The van der Waals surface area contributed by atoms with E-state index in [-0.39, 0.29) is 17.5 Å². The molecule has 0 radical (unpaired) electrons. The Morgan fingerprint density at radius 2 is 2.21 bits per heavy atom. The maximum absolute atomic E-state index is 13.3. The Morgan fingerprint density at radius 3 is 2.79 bits per heavy atom. The van der Waals surface area contributed by atoms with E-state index in [9.17, 15) is 9.18 Å². The Morgan fingerprint density at radius 1 is 1.50 bits per heavy atom. The molecule has 1 saturated carbocycles. The van der Waals surface area contributed by atoms with Crippen LogP contribution in [0.1, 0.15) is 28.8 Å². The van der Waals surface area contributed by atoms with E-state index in [2.05, 4.69) is 15.9 Å². The van der Waals surface area contributed by atoms with Crippen LogP contribution < -0.4 is 0 Å². The zero-order valence-corrected chi connectivity index (χ0v) is 9.18. The normalized spacial score (nSPS) is 15.6. The number of rotatable bonds is 3. The molecular weight excluding hydrogens is 247 g/mol. The zero-order valence-electron chi connectivity index (χ0n) is 7.59. The van der Waals surface area contributed by atoms with Crippen molar-refractivity contribution < 1.29 is 9.18 Å². The van der Waals surface area contributed by atoms with Crippen LogP contribution in [0, 0.1) is 11.7 Å². The standard InChI is InChI=1S/C11H10BrFO/c12-6-9-8(2-1-3-10(9)13)11(14)7-4-5-7/h1-3,7H,4-6H2. The van der Waals surface area contributed by atoms with Crippen LogP contribution >= 0.6 is 15.9 Å². The summed E-state index contributed by atoms with van der Waals surface area (Å²) < 4.78 is 13.3. The third kappa shape index (κ3) is 1.73. The Bertz CT molecular complexity index is 372. The summed E-state index contributed by atoms with van der Waals surface area (Å²) in [4.78, 5) is 11.8. The molecule has 0 saturated heterocycles. The minimum Gasteiger partial charge on any atom is -0.294 e. The molecule has 0 heterocycles. The summed E-state index contributed by atoms with van der Waals surface area (Å²) in [5.41, 5.74) is 1.04. The number of hydrogen-bond donors (Lipinski definition) is 0. The summed E-state index contributed by atoms with van der Waals surface area (Å²) in [5, 5.41) is 0.396. The summed E-state index contributed by atoms with van der Waals surface area (Å²) >= 11 is 3.20. The molecule has 0 aromatic heterocycles. The van der Waals surface area contributed by atoms with Crippen molar-refractivity contribution in [1.29, 1.82) is 0 Å². The van der Waals surface area contributed by atoms with E-state index in [1.165, 1.54) is 6.07 Å². The van der Waals surface area contributed by atoms with E-state index in [4.69, 9.17) is 0 Å². The largest absolute Gasteiger partial charge is 0.294 e. The van der Waals surface area contributed by atoms with Gasteiger partial charge in [0.25, 0.3) is 0 Å². The van der Waals surface area contributed by atoms with Crippen LogP contribution in [-0.4, -0.2) is 5.78 Å². The van der Waals surface area contributed by atoms with E-state index >= 15 is 0 Å². The van der Waals surface area contributed by atoms with Crippen LogP contribution in [0.5, 0.6) is 0 Å². The SMILES string of the molecule is O=C(c1cccc(F)c1CBr)C1CC1. The quantitative estimate of drug-likeness (QED) is 0.599. The van der Waals surface area contributed by atoms with Crippen molar-refractivity contribution in [3.63, 3.8) is 0 Å². The third-order valence-electron chi connectivity index (χ3n) is 2.47. The lowest BCUT2D eigenvalue weighted by Crippen LogP contribution is -2.06. The first-order valence-electron chi connectivity index (χ1n) is 4.61. The van der Waals surface area contributed by atoms with Crippen molar-refractivity contribution in [3.05, 3.63) is 35.1 Å². The molecule has 0 amide bonds. The molecule has 0 unspecified atom stereocenters. The van der Waals surface area contributed by atoms with Gasteiger partial charge in [0.15, 0.2) is 5.78 Å². The van der Waals surface area contributed by atoms with Gasteiger partial charge in [0.2, 0.25) is 0 Å². The number of alkyl halides is 1. The maximum atomic E-state index is 13.3. The zero-order chi connectivity index (χ0) is 10.1. The fourth-order valence-electron chi connectivity index (χ4n) is 1.49. The van der Waals surface area contributed by atoms with Gasteiger partial charge in [-0.15, -0.1) is 0 Å². The van der Waals surface area contributed by atoms with Crippen LogP contribution in [0.2, 0.25) is 0 Å². The molecule has 1 aromatic carbocycles. The molecule has 1 fully saturated rings. The van der Waals surface area contributed by atoms with Crippen LogP contribution in [0.15, 0.2) is 18.2 Å². The topological polar surface area (TPSA) is 17.1 Å². The fraction of sp³-hybridized carbons (Fsp3) is 0.364. The Hall–Kier alpha value is -0.700. The molecule has 0 aliphatic heterocycles. The van der Waals surface area contributed by atoms with Gasteiger partial charge in [-0.05, 0) is 18.9 Å². The first-order chi connectivity index (χ1) is 6.74. The highest BCUT2D eigenvalue weighted by Gasteiger charge is 2.31. The summed E-state index contributed by atoms with van der Waals surface area (Å²) in [5.74, 6) is -0.0538. The van der Waals surface area contributed by atoms with Gasteiger partial charge in [0.1, 0.15) is 5.82 Å². The number of carbonyl (C=O) groups is 1. The third-order valence-corrected chi connectivity index (χ3v) is 3.03. The lowest BCUT2D eigenvalue weighted by molar-refractivity contribution is 0.0966. The van der Waals surface area contributed by atoms with Crippen LogP contribution in [0.25, 0.3) is 0 Å².